The average Bonchev–Trinajstić information content (AvgIpc) is 2.42. The Kier molecular flexibility index (Phi) is 9.33. The Morgan fingerprint density at radius 3 is 2.04 bits per heavy atom. The van der Waals surface area contributed by atoms with E-state index in [1.165, 1.54) is 6.92 Å². The molecule has 0 heterocycles. The molecule has 0 radical (unpaired) electrons. The number of ether oxygens (including phenoxy) is 2. The first-order valence-electron chi connectivity index (χ1n) is 9.30. The first kappa shape index (κ1) is 24.9. The van der Waals surface area contributed by atoms with E-state index < -0.39 is 13.9 Å². The van der Waals surface area contributed by atoms with Gasteiger partial charge in [-0.1, -0.05) is 20.8 Å². The second-order valence-corrected chi connectivity index (χ2v) is 14.1. The highest BCUT2D eigenvalue weighted by Gasteiger charge is 2.38. The summed E-state index contributed by atoms with van der Waals surface area (Å²) in [7, 11) is -0.189. The molecule has 0 fully saturated rings. The molecule has 0 rings (SSSR count). The SMILES string of the molecule is CC(=O)OCCCC(CO[Si](C)(C)C(C)(C)C)N(C)C(=O)OC(C)(C)C. The van der Waals surface area contributed by atoms with Crippen LogP contribution in [0.15, 0.2) is 0 Å². The molecular weight excluding hydrogens is 350 g/mol. The highest BCUT2D eigenvalue weighted by Crippen LogP contribution is 2.36. The van der Waals surface area contributed by atoms with Crippen molar-refractivity contribution in [3.05, 3.63) is 0 Å². The molecule has 0 aliphatic heterocycles. The number of nitrogens with zero attached hydrogens (tertiary/aromatic N) is 1. The molecule has 1 unspecified atom stereocenters. The summed E-state index contributed by atoms with van der Waals surface area (Å²) in [6.07, 6.45) is 0.976. The second kappa shape index (κ2) is 9.74. The summed E-state index contributed by atoms with van der Waals surface area (Å²) in [5, 5.41) is 0.0970. The molecule has 0 saturated carbocycles. The van der Waals surface area contributed by atoms with E-state index in [0.29, 0.717) is 26.1 Å². The Labute approximate surface area is 160 Å². The Morgan fingerprint density at radius 1 is 1.08 bits per heavy atom. The van der Waals surface area contributed by atoms with Crippen molar-refractivity contribution >= 4 is 20.4 Å². The van der Waals surface area contributed by atoms with Crippen LogP contribution in [-0.4, -0.2) is 57.2 Å². The van der Waals surface area contributed by atoms with Crippen molar-refractivity contribution in [1.82, 2.24) is 4.90 Å². The van der Waals surface area contributed by atoms with Crippen molar-refractivity contribution in [3.8, 4) is 0 Å². The van der Waals surface area contributed by atoms with Crippen molar-refractivity contribution in [2.75, 3.05) is 20.3 Å². The standard InChI is InChI=1S/C19H39NO5Si/c1-15(21)23-13-11-12-16(14-24-26(9,10)19(5,6)7)20(8)17(22)25-18(2,3)4/h16H,11-14H2,1-10H3. The second-order valence-electron chi connectivity index (χ2n) is 9.30. The molecule has 0 N–H and O–H groups in total. The predicted octanol–water partition coefficient (Wildman–Crippen LogP) is 4.59. The average molecular weight is 390 g/mol. The van der Waals surface area contributed by atoms with E-state index in [-0.39, 0.29) is 23.1 Å². The fourth-order valence-corrected chi connectivity index (χ4v) is 2.97. The Balaban J connectivity index is 4.98. The van der Waals surface area contributed by atoms with Gasteiger partial charge in [0, 0.05) is 14.0 Å². The molecule has 26 heavy (non-hydrogen) atoms. The summed E-state index contributed by atoms with van der Waals surface area (Å²) in [6, 6.07) is -0.130. The maximum absolute atomic E-state index is 12.4. The largest absolute Gasteiger partial charge is 0.466 e. The predicted molar refractivity (Wildman–Crippen MR) is 107 cm³/mol. The molecule has 0 aromatic heterocycles. The zero-order valence-corrected chi connectivity index (χ0v) is 19.4. The topological polar surface area (TPSA) is 65.1 Å². The van der Waals surface area contributed by atoms with E-state index in [4.69, 9.17) is 13.9 Å². The molecule has 1 amide bonds. The normalized spacial score (nSPS) is 13.9. The van der Waals surface area contributed by atoms with Crippen LogP contribution in [0.5, 0.6) is 0 Å². The lowest BCUT2D eigenvalue weighted by molar-refractivity contribution is -0.141. The lowest BCUT2D eigenvalue weighted by Crippen LogP contribution is -2.48. The van der Waals surface area contributed by atoms with Crippen LogP contribution in [0.4, 0.5) is 4.79 Å². The number of carbonyl (C=O) groups is 2. The quantitative estimate of drug-likeness (QED) is 0.345. The molecule has 0 saturated heterocycles. The lowest BCUT2D eigenvalue weighted by atomic mass is 10.1. The number of likely N-dealkylation sites (N-methyl/N-ethyl adjacent to an activating group) is 1. The van der Waals surface area contributed by atoms with E-state index in [2.05, 4.69) is 33.9 Å². The minimum atomic E-state index is -1.92. The van der Waals surface area contributed by atoms with Crippen LogP contribution in [0.2, 0.25) is 18.1 Å². The molecule has 7 heteroatoms. The number of esters is 1. The van der Waals surface area contributed by atoms with Crippen molar-refractivity contribution in [1.29, 1.82) is 0 Å². The number of hydrogen-bond donors (Lipinski definition) is 0. The van der Waals surface area contributed by atoms with E-state index >= 15 is 0 Å². The summed E-state index contributed by atoms with van der Waals surface area (Å²) < 4.78 is 16.8. The van der Waals surface area contributed by atoms with E-state index in [1.807, 2.05) is 20.8 Å². The number of amides is 1. The van der Waals surface area contributed by atoms with Crippen molar-refractivity contribution in [3.63, 3.8) is 0 Å². The molecule has 0 aliphatic rings. The molecular formula is C19H39NO5Si. The fraction of sp³-hybridized carbons (Fsp3) is 0.895. The van der Waals surface area contributed by atoms with Crippen LogP contribution in [-0.2, 0) is 18.7 Å². The Morgan fingerprint density at radius 2 is 1.62 bits per heavy atom. The lowest BCUT2D eigenvalue weighted by Gasteiger charge is -2.39. The first-order chi connectivity index (χ1) is 11.6. The van der Waals surface area contributed by atoms with Crippen LogP contribution in [0.3, 0.4) is 0 Å². The molecule has 0 spiro atoms. The van der Waals surface area contributed by atoms with Gasteiger partial charge in [0.15, 0.2) is 8.32 Å². The molecule has 1 atom stereocenters. The van der Waals surface area contributed by atoms with Crippen LogP contribution < -0.4 is 0 Å². The van der Waals surface area contributed by atoms with Gasteiger partial charge in [-0.3, -0.25) is 4.79 Å². The maximum atomic E-state index is 12.4. The van der Waals surface area contributed by atoms with Gasteiger partial charge in [-0.15, -0.1) is 0 Å². The minimum Gasteiger partial charge on any atom is -0.466 e. The highest BCUT2D eigenvalue weighted by molar-refractivity contribution is 6.74. The van der Waals surface area contributed by atoms with Gasteiger partial charge in [-0.05, 0) is 51.7 Å². The smallest absolute Gasteiger partial charge is 0.410 e. The third kappa shape index (κ3) is 9.57. The third-order valence-electron chi connectivity index (χ3n) is 4.66. The van der Waals surface area contributed by atoms with Crippen molar-refractivity contribution in [2.45, 2.75) is 91.1 Å². The number of carbonyl (C=O) groups excluding carboxylic acids is 2. The fourth-order valence-electron chi connectivity index (χ4n) is 1.93. The van der Waals surface area contributed by atoms with Gasteiger partial charge in [-0.2, -0.15) is 0 Å². The third-order valence-corrected chi connectivity index (χ3v) is 9.16. The Bertz CT molecular complexity index is 466. The number of hydrogen-bond acceptors (Lipinski definition) is 5. The monoisotopic (exact) mass is 389 g/mol. The van der Waals surface area contributed by atoms with Gasteiger partial charge in [0.1, 0.15) is 5.60 Å². The van der Waals surface area contributed by atoms with Crippen LogP contribution in [0.1, 0.15) is 61.3 Å². The number of rotatable bonds is 8. The van der Waals surface area contributed by atoms with E-state index in [9.17, 15) is 9.59 Å². The van der Waals surface area contributed by atoms with Crippen LogP contribution in [0, 0.1) is 0 Å². The van der Waals surface area contributed by atoms with Crippen LogP contribution in [0.25, 0.3) is 0 Å². The molecule has 6 nitrogen and oxygen atoms in total. The molecule has 0 aliphatic carbocycles. The van der Waals surface area contributed by atoms with Crippen molar-refractivity contribution < 1.29 is 23.5 Å². The van der Waals surface area contributed by atoms with Gasteiger partial charge in [0.25, 0.3) is 0 Å². The minimum absolute atomic E-state index is 0.0970. The van der Waals surface area contributed by atoms with E-state index in [0.717, 1.165) is 0 Å². The van der Waals surface area contributed by atoms with Gasteiger partial charge in [0.2, 0.25) is 0 Å². The van der Waals surface area contributed by atoms with E-state index in [1.54, 1.807) is 11.9 Å². The molecule has 0 aromatic carbocycles. The summed E-state index contributed by atoms with van der Waals surface area (Å²) in [5.74, 6) is -0.292. The molecule has 0 aromatic rings. The first-order valence-corrected chi connectivity index (χ1v) is 12.2. The highest BCUT2D eigenvalue weighted by atomic mass is 28.4. The van der Waals surface area contributed by atoms with Crippen molar-refractivity contribution in [2.24, 2.45) is 0 Å². The zero-order valence-electron chi connectivity index (χ0n) is 18.4. The maximum Gasteiger partial charge on any atom is 0.410 e. The van der Waals surface area contributed by atoms with Gasteiger partial charge < -0.3 is 18.8 Å². The summed E-state index contributed by atoms with van der Waals surface area (Å²) >= 11 is 0. The van der Waals surface area contributed by atoms with Crippen LogP contribution >= 0.6 is 0 Å². The zero-order chi connectivity index (χ0) is 20.8. The molecule has 0 bridgehead atoms. The van der Waals surface area contributed by atoms with Gasteiger partial charge in [0.05, 0.1) is 19.3 Å². The van der Waals surface area contributed by atoms with Gasteiger partial charge in [-0.25, -0.2) is 4.79 Å². The Hall–Kier alpha value is -1.08. The summed E-state index contributed by atoms with van der Waals surface area (Å²) in [4.78, 5) is 25.0. The van der Waals surface area contributed by atoms with Gasteiger partial charge >= 0.3 is 12.1 Å². The summed E-state index contributed by atoms with van der Waals surface area (Å²) in [6.45, 7) is 18.7. The summed E-state index contributed by atoms with van der Waals surface area (Å²) in [5.41, 5.74) is -0.548. The molecule has 154 valence electrons.